The van der Waals surface area contributed by atoms with Crippen molar-refractivity contribution >= 4 is 11.7 Å². The molecular weight excluding hydrogens is 294 g/mol. The molecule has 5 heteroatoms. The summed E-state index contributed by atoms with van der Waals surface area (Å²) in [7, 11) is 3.93. The lowest BCUT2D eigenvalue weighted by Crippen LogP contribution is -2.15. The molecule has 0 saturated carbocycles. The zero-order valence-corrected chi connectivity index (χ0v) is 13.2. The Morgan fingerprint density at radius 1 is 1.17 bits per heavy atom. The van der Waals surface area contributed by atoms with Gasteiger partial charge in [0.25, 0.3) is 0 Å². The molecule has 120 valence electrons. The molecule has 0 fully saturated rings. The second-order valence-electron chi connectivity index (χ2n) is 5.77. The van der Waals surface area contributed by atoms with Gasteiger partial charge in [-0.05, 0) is 41.8 Å². The van der Waals surface area contributed by atoms with E-state index < -0.39 is 11.9 Å². The van der Waals surface area contributed by atoms with Crippen molar-refractivity contribution in [3.05, 3.63) is 53.6 Å². The minimum Gasteiger partial charge on any atom is -0.481 e. The van der Waals surface area contributed by atoms with Gasteiger partial charge in [-0.25, -0.2) is 0 Å². The Bertz CT molecular complexity index is 727. The number of rotatable bonds is 5. The second-order valence-corrected chi connectivity index (χ2v) is 5.77. The Kier molecular flexibility index (Phi) is 4.10. The van der Waals surface area contributed by atoms with Gasteiger partial charge in [-0.3, -0.25) is 4.79 Å². The lowest BCUT2D eigenvalue weighted by Gasteiger charge is -2.16. The molecule has 23 heavy (non-hydrogen) atoms. The minimum atomic E-state index is -0.848. The molecule has 0 amide bonds. The van der Waals surface area contributed by atoms with E-state index in [1.807, 2.05) is 43.3 Å². The van der Waals surface area contributed by atoms with Crippen LogP contribution in [0.15, 0.2) is 42.5 Å². The molecule has 0 aromatic heterocycles. The second kappa shape index (κ2) is 6.20. The van der Waals surface area contributed by atoms with E-state index >= 15 is 0 Å². The van der Waals surface area contributed by atoms with E-state index in [1.54, 1.807) is 18.2 Å². The number of carbonyl (C=O) groups is 1. The number of anilines is 1. The largest absolute Gasteiger partial charge is 0.481 e. The quantitative estimate of drug-likeness (QED) is 0.920. The molecule has 1 atom stereocenters. The molecular formula is C18H19NO4. The molecule has 2 aromatic carbocycles. The van der Waals surface area contributed by atoms with E-state index in [4.69, 9.17) is 9.47 Å². The Balaban J connectivity index is 1.88. The van der Waals surface area contributed by atoms with Crippen LogP contribution in [-0.2, 0) is 11.2 Å². The van der Waals surface area contributed by atoms with Crippen LogP contribution in [0.3, 0.4) is 0 Å². The molecule has 1 N–H and O–H groups in total. The summed E-state index contributed by atoms with van der Waals surface area (Å²) in [6.07, 6.45) is 0.427. The summed E-state index contributed by atoms with van der Waals surface area (Å²) >= 11 is 0. The van der Waals surface area contributed by atoms with Crippen molar-refractivity contribution in [3.8, 4) is 11.5 Å². The Labute approximate surface area is 135 Å². The number of aliphatic carboxylic acids is 1. The van der Waals surface area contributed by atoms with Gasteiger partial charge in [-0.15, -0.1) is 0 Å². The number of ether oxygens (including phenoxy) is 2. The molecule has 1 aliphatic rings. The van der Waals surface area contributed by atoms with E-state index in [1.165, 1.54) is 0 Å². The van der Waals surface area contributed by atoms with Gasteiger partial charge < -0.3 is 19.5 Å². The molecule has 0 radical (unpaired) electrons. The summed E-state index contributed by atoms with van der Waals surface area (Å²) in [4.78, 5) is 13.7. The van der Waals surface area contributed by atoms with Crippen LogP contribution in [0.25, 0.3) is 0 Å². The number of hydrogen-bond acceptors (Lipinski definition) is 4. The van der Waals surface area contributed by atoms with Crippen molar-refractivity contribution < 1.29 is 19.4 Å². The number of fused-ring (bicyclic) bond motifs is 1. The molecule has 1 heterocycles. The predicted molar refractivity (Wildman–Crippen MR) is 87.4 cm³/mol. The van der Waals surface area contributed by atoms with Crippen LogP contribution in [0.4, 0.5) is 5.69 Å². The van der Waals surface area contributed by atoms with E-state index in [2.05, 4.69) is 0 Å². The molecule has 0 saturated heterocycles. The van der Waals surface area contributed by atoms with Crippen molar-refractivity contribution in [2.75, 3.05) is 25.8 Å². The summed E-state index contributed by atoms with van der Waals surface area (Å²) in [5.74, 6) is -0.204. The van der Waals surface area contributed by atoms with Crippen LogP contribution in [0.5, 0.6) is 11.5 Å². The average Bonchev–Trinajstić information content (AvgIpc) is 3.00. The fraction of sp³-hybridized carbons (Fsp3) is 0.278. The van der Waals surface area contributed by atoms with Crippen molar-refractivity contribution in [1.29, 1.82) is 0 Å². The van der Waals surface area contributed by atoms with E-state index in [0.29, 0.717) is 17.9 Å². The maximum atomic E-state index is 11.7. The fourth-order valence-electron chi connectivity index (χ4n) is 2.67. The van der Waals surface area contributed by atoms with Crippen molar-refractivity contribution in [1.82, 2.24) is 0 Å². The summed E-state index contributed by atoms with van der Waals surface area (Å²) in [5.41, 5.74) is 2.76. The van der Waals surface area contributed by atoms with Gasteiger partial charge in [0.1, 0.15) is 0 Å². The highest BCUT2D eigenvalue weighted by atomic mass is 16.7. The number of nitrogens with zero attached hydrogens (tertiary/aromatic N) is 1. The van der Waals surface area contributed by atoms with Crippen LogP contribution in [0, 0.1) is 0 Å². The lowest BCUT2D eigenvalue weighted by atomic mass is 9.91. The van der Waals surface area contributed by atoms with Crippen LogP contribution in [0.1, 0.15) is 17.0 Å². The van der Waals surface area contributed by atoms with Crippen molar-refractivity contribution in [3.63, 3.8) is 0 Å². The van der Waals surface area contributed by atoms with Crippen molar-refractivity contribution in [2.45, 2.75) is 12.3 Å². The molecule has 0 spiro atoms. The van der Waals surface area contributed by atoms with Gasteiger partial charge in [-0.2, -0.15) is 0 Å². The predicted octanol–water partition coefficient (Wildman–Crippen LogP) is 2.89. The average molecular weight is 313 g/mol. The minimum absolute atomic E-state index is 0.182. The molecule has 1 unspecified atom stereocenters. The Hall–Kier alpha value is -2.69. The molecule has 3 rings (SSSR count). The van der Waals surface area contributed by atoms with Crippen LogP contribution < -0.4 is 14.4 Å². The number of benzene rings is 2. The van der Waals surface area contributed by atoms with E-state index in [0.717, 1.165) is 16.8 Å². The van der Waals surface area contributed by atoms with Gasteiger partial charge in [-0.1, -0.05) is 18.2 Å². The first-order chi connectivity index (χ1) is 11.0. The normalized spacial score (nSPS) is 13.7. The molecule has 0 aliphatic carbocycles. The summed E-state index contributed by atoms with van der Waals surface area (Å²) in [6, 6.07) is 13.2. The first-order valence-corrected chi connectivity index (χ1v) is 7.43. The van der Waals surface area contributed by atoms with Gasteiger partial charge in [0, 0.05) is 19.8 Å². The highest BCUT2D eigenvalue weighted by molar-refractivity contribution is 5.77. The zero-order valence-electron chi connectivity index (χ0n) is 13.2. The molecule has 5 nitrogen and oxygen atoms in total. The van der Waals surface area contributed by atoms with Gasteiger partial charge in [0.15, 0.2) is 11.5 Å². The standard InChI is InChI=1S/C18H19NO4/c1-19(2)14-5-3-4-12(8-14)9-15(18(20)21)13-6-7-16-17(10-13)23-11-22-16/h3-8,10,15H,9,11H2,1-2H3,(H,20,21). The van der Waals surface area contributed by atoms with E-state index in [-0.39, 0.29) is 6.79 Å². The maximum Gasteiger partial charge on any atom is 0.311 e. The summed E-state index contributed by atoms with van der Waals surface area (Å²) < 4.78 is 10.6. The number of hydrogen-bond donors (Lipinski definition) is 1. The Morgan fingerprint density at radius 3 is 2.70 bits per heavy atom. The lowest BCUT2D eigenvalue weighted by molar-refractivity contribution is -0.138. The first-order valence-electron chi connectivity index (χ1n) is 7.43. The third-order valence-corrected chi connectivity index (χ3v) is 3.96. The molecule has 1 aliphatic heterocycles. The van der Waals surface area contributed by atoms with Crippen LogP contribution >= 0.6 is 0 Å². The third-order valence-electron chi connectivity index (χ3n) is 3.96. The Morgan fingerprint density at radius 2 is 1.96 bits per heavy atom. The SMILES string of the molecule is CN(C)c1cccc(CC(C(=O)O)c2ccc3c(c2)OCO3)c1. The summed E-state index contributed by atoms with van der Waals surface area (Å²) in [6.45, 7) is 0.182. The van der Waals surface area contributed by atoms with Crippen LogP contribution in [0.2, 0.25) is 0 Å². The highest BCUT2D eigenvalue weighted by Gasteiger charge is 2.23. The smallest absolute Gasteiger partial charge is 0.311 e. The maximum absolute atomic E-state index is 11.7. The summed E-state index contributed by atoms with van der Waals surface area (Å²) in [5, 5.41) is 9.63. The van der Waals surface area contributed by atoms with Gasteiger partial charge >= 0.3 is 5.97 Å². The fourth-order valence-corrected chi connectivity index (χ4v) is 2.67. The van der Waals surface area contributed by atoms with Gasteiger partial charge in [0.05, 0.1) is 5.92 Å². The van der Waals surface area contributed by atoms with Crippen LogP contribution in [-0.4, -0.2) is 32.0 Å². The monoisotopic (exact) mass is 313 g/mol. The first kappa shape index (κ1) is 15.2. The zero-order chi connectivity index (χ0) is 16.4. The number of carboxylic acids is 1. The molecule has 0 bridgehead atoms. The molecule has 2 aromatic rings. The van der Waals surface area contributed by atoms with E-state index in [9.17, 15) is 9.90 Å². The number of carboxylic acid groups (broad SMARTS) is 1. The highest BCUT2D eigenvalue weighted by Crippen LogP contribution is 2.35. The van der Waals surface area contributed by atoms with Crippen molar-refractivity contribution in [2.24, 2.45) is 0 Å². The topological polar surface area (TPSA) is 59.0 Å². The van der Waals surface area contributed by atoms with Gasteiger partial charge in [0.2, 0.25) is 6.79 Å². The third kappa shape index (κ3) is 3.23.